The molecule has 5 nitrogen and oxygen atoms in total. The first kappa shape index (κ1) is 15.3. The Morgan fingerprint density at radius 3 is 2.52 bits per heavy atom. The molecule has 6 heteroatoms. The molecule has 0 amide bonds. The normalized spacial score (nSPS) is 11.1. The number of hydrogen-bond acceptors (Lipinski definition) is 4. The van der Waals surface area contributed by atoms with Crippen molar-refractivity contribution in [2.45, 2.75) is 25.2 Å². The van der Waals surface area contributed by atoms with Gasteiger partial charge >= 0.3 is 0 Å². The van der Waals surface area contributed by atoms with Crippen molar-refractivity contribution in [3.63, 3.8) is 0 Å². The van der Waals surface area contributed by atoms with Gasteiger partial charge in [-0.25, -0.2) is 13.4 Å². The summed E-state index contributed by atoms with van der Waals surface area (Å²) in [6, 6.07) is 10.3. The van der Waals surface area contributed by atoms with Crippen LogP contribution in [0.1, 0.15) is 18.9 Å². The molecular formula is C15H19N3O2S. The van der Waals surface area contributed by atoms with E-state index in [4.69, 9.17) is 0 Å². The molecule has 2 rings (SSSR count). The molecule has 0 aliphatic carbocycles. The predicted molar refractivity (Wildman–Crippen MR) is 85.0 cm³/mol. The monoisotopic (exact) mass is 305 g/mol. The van der Waals surface area contributed by atoms with Crippen molar-refractivity contribution >= 4 is 21.5 Å². The van der Waals surface area contributed by atoms with Crippen LogP contribution in [0.15, 0.2) is 47.5 Å². The van der Waals surface area contributed by atoms with E-state index in [2.05, 4.69) is 15.0 Å². The zero-order valence-electron chi connectivity index (χ0n) is 12.1. The van der Waals surface area contributed by atoms with Gasteiger partial charge in [-0.1, -0.05) is 24.6 Å². The zero-order chi connectivity index (χ0) is 15.3. The van der Waals surface area contributed by atoms with E-state index in [1.165, 1.54) is 0 Å². The average Bonchev–Trinajstić information content (AvgIpc) is 2.47. The molecular weight excluding hydrogens is 286 g/mol. The topological polar surface area (TPSA) is 71.1 Å². The van der Waals surface area contributed by atoms with Crippen LogP contribution >= 0.6 is 0 Å². The van der Waals surface area contributed by atoms with E-state index in [0.29, 0.717) is 18.1 Å². The number of anilines is 2. The molecule has 0 saturated heterocycles. The van der Waals surface area contributed by atoms with Crippen molar-refractivity contribution in [1.82, 2.24) is 4.98 Å². The summed E-state index contributed by atoms with van der Waals surface area (Å²) in [5.41, 5.74) is 1.61. The number of rotatable bonds is 6. The van der Waals surface area contributed by atoms with E-state index in [9.17, 15) is 8.42 Å². The van der Waals surface area contributed by atoms with Gasteiger partial charge in [0.25, 0.3) is 10.0 Å². The fourth-order valence-corrected chi connectivity index (χ4v) is 3.01. The molecule has 2 N–H and O–H groups in total. The molecule has 0 fully saturated rings. The number of nitrogens with one attached hydrogen (secondary N) is 2. The van der Waals surface area contributed by atoms with Gasteiger partial charge in [-0.3, -0.25) is 4.72 Å². The molecule has 0 atom stereocenters. The summed E-state index contributed by atoms with van der Waals surface area (Å²) in [7, 11) is -3.66. The van der Waals surface area contributed by atoms with Gasteiger partial charge in [-0.15, -0.1) is 0 Å². The number of benzene rings is 1. The summed E-state index contributed by atoms with van der Waals surface area (Å²) < 4.78 is 27.5. The minimum Gasteiger partial charge on any atom is -0.369 e. The number of sulfonamides is 1. The van der Waals surface area contributed by atoms with Crippen molar-refractivity contribution in [2.75, 3.05) is 16.6 Å². The molecule has 112 valence electrons. The summed E-state index contributed by atoms with van der Waals surface area (Å²) in [5, 5.41) is 3.03. The molecule has 0 aliphatic heterocycles. The fraction of sp³-hybridized carbons (Fsp3) is 0.267. The molecule has 0 saturated carbocycles. The largest absolute Gasteiger partial charge is 0.369 e. The summed E-state index contributed by atoms with van der Waals surface area (Å²) in [4.78, 5) is 4.26. The molecule has 0 bridgehead atoms. The Balaban J connectivity index is 2.29. The number of aromatic nitrogens is 1. The highest BCUT2D eigenvalue weighted by Crippen LogP contribution is 2.21. The minimum atomic E-state index is -3.66. The first-order valence-electron chi connectivity index (χ1n) is 6.81. The second-order valence-electron chi connectivity index (χ2n) is 4.75. The van der Waals surface area contributed by atoms with E-state index in [0.717, 1.165) is 12.0 Å². The van der Waals surface area contributed by atoms with Crippen LogP contribution in [0.3, 0.4) is 0 Å². The van der Waals surface area contributed by atoms with Gasteiger partial charge in [-0.2, -0.15) is 0 Å². The van der Waals surface area contributed by atoms with E-state index >= 15 is 0 Å². The first-order valence-corrected chi connectivity index (χ1v) is 8.29. The predicted octanol–water partition coefficient (Wildman–Crippen LogP) is 3.01. The Hall–Kier alpha value is -2.08. The van der Waals surface area contributed by atoms with Crippen LogP contribution in [-0.4, -0.2) is 19.9 Å². The van der Waals surface area contributed by atoms with Crippen molar-refractivity contribution < 1.29 is 8.42 Å². The van der Waals surface area contributed by atoms with E-state index in [1.54, 1.807) is 30.5 Å². The summed E-state index contributed by atoms with van der Waals surface area (Å²) in [6.45, 7) is 4.63. The highest BCUT2D eigenvalue weighted by atomic mass is 32.2. The van der Waals surface area contributed by atoms with Crippen LogP contribution < -0.4 is 10.0 Å². The zero-order valence-corrected chi connectivity index (χ0v) is 12.9. The maximum Gasteiger partial charge on any atom is 0.265 e. The molecule has 0 aliphatic rings. The molecule has 2 aromatic rings. The Morgan fingerprint density at radius 2 is 1.86 bits per heavy atom. The first-order chi connectivity index (χ1) is 10.0. The standard InChI is InChI=1S/C15H19N3O2S/c1-3-10-16-15-14(5-4-11-17-15)21(19,20)18-13-8-6-12(2)7-9-13/h4-9,11,18H,3,10H2,1-2H3,(H,16,17). The molecule has 0 spiro atoms. The maximum atomic E-state index is 12.5. The Labute approximate surface area is 125 Å². The molecule has 1 aromatic carbocycles. The lowest BCUT2D eigenvalue weighted by Crippen LogP contribution is -2.16. The smallest absolute Gasteiger partial charge is 0.265 e. The van der Waals surface area contributed by atoms with E-state index in [-0.39, 0.29) is 4.90 Å². The molecule has 1 heterocycles. The third kappa shape index (κ3) is 3.95. The SMILES string of the molecule is CCCNc1ncccc1S(=O)(=O)Nc1ccc(C)cc1. The lowest BCUT2D eigenvalue weighted by molar-refractivity contribution is 0.601. The molecule has 1 aromatic heterocycles. The number of nitrogens with zero attached hydrogens (tertiary/aromatic N) is 1. The maximum absolute atomic E-state index is 12.5. The van der Waals surface area contributed by atoms with E-state index in [1.807, 2.05) is 26.0 Å². The number of hydrogen-bond donors (Lipinski definition) is 2. The van der Waals surface area contributed by atoms with Crippen LogP contribution in [0.4, 0.5) is 11.5 Å². The van der Waals surface area contributed by atoms with E-state index < -0.39 is 10.0 Å². The Kier molecular flexibility index (Phi) is 4.80. The van der Waals surface area contributed by atoms with Gasteiger partial charge in [-0.05, 0) is 37.6 Å². The second kappa shape index (κ2) is 6.58. The van der Waals surface area contributed by atoms with Crippen LogP contribution in [-0.2, 0) is 10.0 Å². The Bertz CT molecular complexity index is 697. The summed E-state index contributed by atoms with van der Waals surface area (Å²) in [5.74, 6) is 0.374. The van der Waals surface area contributed by atoms with Gasteiger partial charge in [0, 0.05) is 18.4 Å². The summed E-state index contributed by atoms with van der Waals surface area (Å²) >= 11 is 0. The van der Waals surface area contributed by atoms with Crippen molar-refractivity contribution in [2.24, 2.45) is 0 Å². The van der Waals surface area contributed by atoms with Gasteiger partial charge in [0.15, 0.2) is 0 Å². The lowest BCUT2D eigenvalue weighted by atomic mass is 10.2. The number of pyridine rings is 1. The highest BCUT2D eigenvalue weighted by Gasteiger charge is 2.19. The second-order valence-corrected chi connectivity index (χ2v) is 6.40. The summed E-state index contributed by atoms with van der Waals surface area (Å²) in [6.07, 6.45) is 2.46. The lowest BCUT2D eigenvalue weighted by Gasteiger charge is -2.12. The third-order valence-corrected chi connectivity index (χ3v) is 4.32. The van der Waals surface area contributed by atoms with Crippen LogP contribution in [0, 0.1) is 6.92 Å². The van der Waals surface area contributed by atoms with Gasteiger partial charge in [0.2, 0.25) is 0 Å². The van der Waals surface area contributed by atoms with Crippen molar-refractivity contribution in [3.05, 3.63) is 48.2 Å². The number of aryl methyl sites for hydroxylation is 1. The van der Waals surface area contributed by atoms with Crippen molar-refractivity contribution in [1.29, 1.82) is 0 Å². The minimum absolute atomic E-state index is 0.152. The highest BCUT2D eigenvalue weighted by molar-refractivity contribution is 7.92. The fourth-order valence-electron chi connectivity index (χ4n) is 1.82. The van der Waals surface area contributed by atoms with Gasteiger partial charge in [0.1, 0.15) is 10.7 Å². The Morgan fingerprint density at radius 1 is 1.14 bits per heavy atom. The van der Waals surface area contributed by atoms with Gasteiger partial charge < -0.3 is 5.32 Å². The molecule has 21 heavy (non-hydrogen) atoms. The average molecular weight is 305 g/mol. The molecule has 0 unspecified atom stereocenters. The quantitative estimate of drug-likeness (QED) is 0.860. The van der Waals surface area contributed by atoms with Crippen LogP contribution in [0.2, 0.25) is 0 Å². The van der Waals surface area contributed by atoms with Crippen LogP contribution in [0.5, 0.6) is 0 Å². The van der Waals surface area contributed by atoms with Crippen LogP contribution in [0.25, 0.3) is 0 Å². The van der Waals surface area contributed by atoms with Gasteiger partial charge in [0.05, 0.1) is 0 Å². The third-order valence-electron chi connectivity index (χ3n) is 2.91. The van der Waals surface area contributed by atoms with Crippen molar-refractivity contribution in [3.8, 4) is 0 Å². The molecule has 0 radical (unpaired) electrons.